The number of hydrogen-bond donors (Lipinski definition) is 2. The summed E-state index contributed by atoms with van der Waals surface area (Å²) >= 11 is 0. The summed E-state index contributed by atoms with van der Waals surface area (Å²) in [5, 5.41) is 2.98. The zero-order valence-corrected chi connectivity index (χ0v) is 25.5. The number of nitrogens with zero attached hydrogens (tertiary/aromatic N) is 5. The summed E-state index contributed by atoms with van der Waals surface area (Å²) < 4.78 is 45.4. The number of anilines is 2. The Morgan fingerprint density at radius 3 is 2.38 bits per heavy atom. The lowest BCUT2D eigenvalue weighted by atomic mass is 9.65. The highest BCUT2D eigenvalue weighted by Gasteiger charge is 2.51. The fourth-order valence-corrected chi connectivity index (χ4v) is 9.30. The molecule has 3 aromatic rings. The Balaban J connectivity index is 1.26. The van der Waals surface area contributed by atoms with Crippen LogP contribution in [-0.4, -0.2) is 64.3 Å². The minimum absolute atomic E-state index is 0.0596. The summed E-state index contributed by atoms with van der Waals surface area (Å²) in [4.78, 5) is 29.7. The molecule has 0 amide bonds. The van der Waals surface area contributed by atoms with Crippen LogP contribution in [0.5, 0.6) is 0 Å². The molecule has 2 bridgehead atoms. The predicted octanol–water partition coefficient (Wildman–Crippen LogP) is 4.79. The number of aromatic nitrogens is 4. The lowest BCUT2D eigenvalue weighted by Crippen LogP contribution is -2.52. The van der Waals surface area contributed by atoms with Gasteiger partial charge in [0.25, 0.3) is 5.56 Å². The van der Waals surface area contributed by atoms with Gasteiger partial charge in [0.15, 0.2) is 5.65 Å². The van der Waals surface area contributed by atoms with Crippen molar-refractivity contribution in [3.8, 4) is 11.3 Å². The third-order valence-electron chi connectivity index (χ3n) is 9.45. The van der Waals surface area contributed by atoms with Gasteiger partial charge in [0.1, 0.15) is 17.0 Å². The summed E-state index contributed by atoms with van der Waals surface area (Å²) in [5.41, 5.74) is 0.633. The highest BCUT2D eigenvalue weighted by Crippen LogP contribution is 2.49. The summed E-state index contributed by atoms with van der Waals surface area (Å²) in [5.74, 6) is 0.00186. The molecule has 226 valence electrons. The van der Waals surface area contributed by atoms with Crippen LogP contribution >= 0.6 is 0 Å². The monoisotopic (exact) mass is 597 g/mol. The SMILES string of the molecule is CC(C)n1c(=O)c(-c2ccc(NS(=O)(=O)C3C4CCCC3C4)c(F)c2)nc2cnc(NC3CCC(N(C)C)CC3)nc21. The van der Waals surface area contributed by atoms with Gasteiger partial charge in [0.05, 0.1) is 17.1 Å². The zero-order valence-electron chi connectivity index (χ0n) is 24.7. The minimum atomic E-state index is -3.71. The van der Waals surface area contributed by atoms with E-state index in [0.29, 0.717) is 23.2 Å². The highest BCUT2D eigenvalue weighted by atomic mass is 32.2. The number of nitrogens with one attached hydrogen (secondary N) is 2. The molecule has 0 aliphatic heterocycles. The van der Waals surface area contributed by atoms with Crippen molar-refractivity contribution >= 4 is 32.8 Å². The van der Waals surface area contributed by atoms with Crippen molar-refractivity contribution in [2.75, 3.05) is 24.1 Å². The van der Waals surface area contributed by atoms with Crippen LogP contribution in [-0.2, 0) is 10.0 Å². The van der Waals surface area contributed by atoms with Crippen molar-refractivity contribution in [1.82, 2.24) is 24.4 Å². The van der Waals surface area contributed by atoms with Gasteiger partial charge in [-0.25, -0.2) is 22.8 Å². The molecule has 2 atom stereocenters. The maximum Gasteiger partial charge on any atom is 0.278 e. The van der Waals surface area contributed by atoms with Crippen LogP contribution in [0.1, 0.15) is 71.3 Å². The lowest BCUT2D eigenvalue weighted by Gasteiger charge is -2.48. The van der Waals surface area contributed by atoms with Crippen molar-refractivity contribution in [3.63, 3.8) is 0 Å². The molecule has 3 aliphatic rings. The van der Waals surface area contributed by atoms with E-state index in [1.807, 2.05) is 13.8 Å². The topological polar surface area (TPSA) is 122 Å². The molecule has 10 nitrogen and oxygen atoms in total. The largest absolute Gasteiger partial charge is 0.351 e. The van der Waals surface area contributed by atoms with Gasteiger partial charge in [-0.2, -0.15) is 4.98 Å². The maximum absolute atomic E-state index is 15.3. The molecule has 1 aromatic carbocycles. The average molecular weight is 598 g/mol. The fraction of sp³-hybridized carbons (Fsp3) is 0.600. The van der Waals surface area contributed by atoms with E-state index in [4.69, 9.17) is 0 Å². The highest BCUT2D eigenvalue weighted by molar-refractivity contribution is 7.93. The van der Waals surface area contributed by atoms with Gasteiger partial charge in [0, 0.05) is 23.7 Å². The first kappa shape index (κ1) is 29.0. The number of rotatable bonds is 8. The number of sulfonamides is 1. The van der Waals surface area contributed by atoms with Gasteiger partial charge in [-0.15, -0.1) is 0 Å². The maximum atomic E-state index is 15.3. The average Bonchev–Trinajstić information content (AvgIpc) is 2.94. The Morgan fingerprint density at radius 1 is 1.05 bits per heavy atom. The van der Waals surface area contributed by atoms with E-state index in [0.717, 1.165) is 51.4 Å². The van der Waals surface area contributed by atoms with E-state index in [1.54, 1.807) is 10.8 Å². The van der Waals surface area contributed by atoms with Crippen LogP contribution in [0.25, 0.3) is 22.4 Å². The second-order valence-corrected chi connectivity index (χ2v) is 14.6. The Morgan fingerprint density at radius 2 is 1.76 bits per heavy atom. The summed E-state index contributed by atoms with van der Waals surface area (Å²) in [6, 6.07) is 4.67. The normalized spacial score (nSPS) is 25.9. The summed E-state index contributed by atoms with van der Waals surface area (Å²) in [7, 11) is 0.516. The Labute approximate surface area is 246 Å². The van der Waals surface area contributed by atoms with Crippen molar-refractivity contribution in [1.29, 1.82) is 0 Å². The van der Waals surface area contributed by atoms with Gasteiger partial charge < -0.3 is 10.2 Å². The second-order valence-electron chi connectivity index (χ2n) is 12.7. The molecule has 2 unspecified atom stereocenters. The first-order valence-corrected chi connectivity index (χ1v) is 16.6. The van der Waals surface area contributed by atoms with E-state index >= 15 is 4.39 Å². The smallest absolute Gasteiger partial charge is 0.278 e. The van der Waals surface area contributed by atoms with E-state index < -0.39 is 26.6 Å². The van der Waals surface area contributed by atoms with Gasteiger partial charge in [-0.05, 0) is 96.9 Å². The Hall–Kier alpha value is -3.12. The molecule has 2 N–H and O–H groups in total. The van der Waals surface area contributed by atoms with E-state index in [1.165, 1.54) is 18.2 Å². The number of fused-ring (bicyclic) bond motifs is 3. The standard InChI is InChI=1S/C30H40FN7O3S/c1-17(2)38-28-25(16-32-30(35-28)33-21-9-11-22(12-10-21)37(3)4)34-26(29(38)39)18-8-13-24(23(31)15-18)36-42(40,41)27-19-6-5-7-20(27)14-19/h8,13,15-17,19-22,27,36H,5-7,9-12,14H2,1-4H3,(H,32,33,35). The summed E-state index contributed by atoms with van der Waals surface area (Å²) in [6.07, 6.45) is 9.59. The molecule has 0 spiro atoms. The van der Waals surface area contributed by atoms with Crippen molar-refractivity contribution in [2.45, 2.75) is 88.6 Å². The van der Waals surface area contributed by atoms with E-state index in [2.05, 4.69) is 44.0 Å². The van der Waals surface area contributed by atoms with Gasteiger partial charge in [-0.3, -0.25) is 14.1 Å². The molecule has 3 saturated carbocycles. The fourth-order valence-electron chi connectivity index (χ4n) is 7.18. The van der Waals surface area contributed by atoms with E-state index in [9.17, 15) is 13.2 Å². The Bertz CT molecular complexity index is 1640. The minimum Gasteiger partial charge on any atom is -0.351 e. The molecular weight excluding hydrogens is 557 g/mol. The molecule has 2 heterocycles. The van der Waals surface area contributed by atoms with Crippen LogP contribution in [0.3, 0.4) is 0 Å². The van der Waals surface area contributed by atoms with Gasteiger partial charge in [0.2, 0.25) is 16.0 Å². The quantitative estimate of drug-likeness (QED) is 0.380. The third kappa shape index (κ3) is 5.39. The van der Waals surface area contributed by atoms with Crippen molar-refractivity contribution < 1.29 is 12.8 Å². The zero-order chi connectivity index (χ0) is 29.8. The third-order valence-corrected chi connectivity index (χ3v) is 11.4. The van der Waals surface area contributed by atoms with Gasteiger partial charge >= 0.3 is 0 Å². The second kappa shape index (κ2) is 11.2. The molecule has 3 fully saturated rings. The summed E-state index contributed by atoms with van der Waals surface area (Å²) in [6.45, 7) is 3.77. The predicted molar refractivity (Wildman–Crippen MR) is 163 cm³/mol. The number of hydrogen-bond acceptors (Lipinski definition) is 8. The molecular formula is C30H40FN7O3S. The Kier molecular flexibility index (Phi) is 7.71. The lowest BCUT2D eigenvalue weighted by molar-refractivity contribution is 0.122. The van der Waals surface area contributed by atoms with Gasteiger partial charge in [-0.1, -0.05) is 12.5 Å². The molecule has 2 aromatic heterocycles. The molecule has 0 radical (unpaired) electrons. The molecule has 12 heteroatoms. The molecule has 3 aliphatic carbocycles. The van der Waals surface area contributed by atoms with Crippen molar-refractivity contribution in [3.05, 3.63) is 40.6 Å². The first-order valence-electron chi connectivity index (χ1n) is 15.1. The van der Waals surface area contributed by atoms with Crippen LogP contribution in [0.2, 0.25) is 0 Å². The molecule has 6 rings (SSSR count). The first-order chi connectivity index (χ1) is 20.0. The number of halogens is 1. The molecule has 42 heavy (non-hydrogen) atoms. The number of benzene rings is 1. The molecule has 0 saturated heterocycles. The van der Waals surface area contributed by atoms with Crippen LogP contribution in [0, 0.1) is 17.7 Å². The van der Waals surface area contributed by atoms with Crippen LogP contribution in [0.15, 0.2) is 29.2 Å². The van der Waals surface area contributed by atoms with Crippen molar-refractivity contribution in [2.24, 2.45) is 11.8 Å². The van der Waals surface area contributed by atoms with E-state index in [-0.39, 0.29) is 40.9 Å². The van der Waals surface area contributed by atoms with Crippen LogP contribution in [0.4, 0.5) is 16.0 Å². The van der Waals surface area contributed by atoms with Crippen LogP contribution < -0.4 is 15.6 Å².